The first-order valence-electron chi connectivity index (χ1n) is 7.46. The van der Waals surface area contributed by atoms with Gasteiger partial charge in [-0.15, -0.1) is 32.9 Å². The van der Waals surface area contributed by atoms with Gasteiger partial charge in [0.2, 0.25) is 0 Å². The first kappa shape index (κ1) is 14.5. The SMILES string of the molecule is CCc1nnc2n1CCN(C(=O)c1csc(-c3cccs3)n1)C2. The second kappa shape index (κ2) is 5.86. The van der Waals surface area contributed by atoms with Gasteiger partial charge in [-0.1, -0.05) is 13.0 Å². The number of thiazole rings is 1. The molecule has 0 saturated carbocycles. The molecular weight excluding hydrogens is 330 g/mol. The molecule has 0 aliphatic carbocycles. The lowest BCUT2D eigenvalue weighted by atomic mass is 10.3. The van der Waals surface area contributed by atoms with Crippen molar-refractivity contribution in [2.24, 2.45) is 0 Å². The van der Waals surface area contributed by atoms with Crippen LogP contribution in [-0.2, 0) is 19.5 Å². The van der Waals surface area contributed by atoms with E-state index in [1.54, 1.807) is 16.2 Å². The number of hydrogen-bond donors (Lipinski definition) is 0. The molecule has 0 spiro atoms. The van der Waals surface area contributed by atoms with Crippen LogP contribution in [-0.4, -0.2) is 37.1 Å². The summed E-state index contributed by atoms with van der Waals surface area (Å²) < 4.78 is 2.11. The number of aromatic nitrogens is 4. The van der Waals surface area contributed by atoms with Crippen molar-refractivity contribution in [1.82, 2.24) is 24.6 Å². The van der Waals surface area contributed by atoms with Gasteiger partial charge >= 0.3 is 0 Å². The highest BCUT2D eigenvalue weighted by Crippen LogP contribution is 2.28. The normalized spacial score (nSPS) is 14.0. The molecule has 0 unspecified atom stereocenters. The van der Waals surface area contributed by atoms with Crippen molar-refractivity contribution in [2.75, 3.05) is 6.54 Å². The molecule has 0 atom stereocenters. The Kier molecular flexibility index (Phi) is 3.70. The molecule has 0 radical (unpaired) electrons. The molecule has 1 aliphatic rings. The highest BCUT2D eigenvalue weighted by molar-refractivity contribution is 7.20. The second-order valence-corrected chi connectivity index (χ2v) is 7.09. The van der Waals surface area contributed by atoms with Crippen LogP contribution in [0, 0.1) is 0 Å². The van der Waals surface area contributed by atoms with Crippen LogP contribution in [0.3, 0.4) is 0 Å². The molecule has 0 saturated heterocycles. The van der Waals surface area contributed by atoms with E-state index in [-0.39, 0.29) is 5.91 Å². The summed E-state index contributed by atoms with van der Waals surface area (Å²) in [6.45, 7) is 3.98. The number of nitrogens with zero attached hydrogens (tertiary/aromatic N) is 5. The monoisotopic (exact) mass is 345 g/mol. The van der Waals surface area contributed by atoms with Gasteiger partial charge in [0.25, 0.3) is 5.91 Å². The third kappa shape index (κ3) is 2.57. The van der Waals surface area contributed by atoms with Crippen molar-refractivity contribution in [2.45, 2.75) is 26.4 Å². The van der Waals surface area contributed by atoms with Gasteiger partial charge in [-0.3, -0.25) is 4.79 Å². The quantitative estimate of drug-likeness (QED) is 0.732. The lowest BCUT2D eigenvalue weighted by molar-refractivity contribution is 0.0701. The Morgan fingerprint density at radius 2 is 2.22 bits per heavy atom. The maximum Gasteiger partial charge on any atom is 0.273 e. The fraction of sp³-hybridized carbons (Fsp3) is 0.333. The summed E-state index contributed by atoms with van der Waals surface area (Å²) in [5.74, 6) is 1.81. The fourth-order valence-corrected chi connectivity index (χ4v) is 4.31. The van der Waals surface area contributed by atoms with E-state index in [1.807, 2.05) is 22.9 Å². The van der Waals surface area contributed by atoms with Gasteiger partial charge in [-0.2, -0.15) is 0 Å². The van der Waals surface area contributed by atoms with E-state index in [4.69, 9.17) is 0 Å². The first-order valence-corrected chi connectivity index (χ1v) is 9.22. The van der Waals surface area contributed by atoms with Crippen LogP contribution in [0.15, 0.2) is 22.9 Å². The number of thiophene rings is 1. The summed E-state index contributed by atoms with van der Waals surface area (Å²) in [6.07, 6.45) is 0.858. The molecule has 4 rings (SSSR count). The minimum absolute atomic E-state index is 0.0312. The van der Waals surface area contributed by atoms with Crippen molar-refractivity contribution >= 4 is 28.6 Å². The van der Waals surface area contributed by atoms with E-state index in [1.165, 1.54) is 11.3 Å². The Hall–Kier alpha value is -2.06. The van der Waals surface area contributed by atoms with Crippen LogP contribution in [0.25, 0.3) is 9.88 Å². The van der Waals surface area contributed by atoms with Gasteiger partial charge in [-0.25, -0.2) is 4.98 Å². The molecule has 8 heteroatoms. The zero-order chi connectivity index (χ0) is 15.8. The average Bonchev–Trinajstić information content (AvgIpc) is 3.31. The molecular formula is C15H15N5OS2. The van der Waals surface area contributed by atoms with E-state index >= 15 is 0 Å². The Bertz CT molecular complexity index is 836. The third-order valence-corrected chi connectivity index (χ3v) is 5.77. The molecule has 1 aliphatic heterocycles. The van der Waals surface area contributed by atoms with Gasteiger partial charge in [-0.05, 0) is 11.4 Å². The Morgan fingerprint density at radius 1 is 1.30 bits per heavy atom. The second-order valence-electron chi connectivity index (χ2n) is 5.28. The van der Waals surface area contributed by atoms with E-state index in [2.05, 4.69) is 26.7 Å². The fourth-order valence-electron chi connectivity index (χ4n) is 2.70. The predicted molar refractivity (Wildman–Crippen MR) is 89.6 cm³/mol. The highest BCUT2D eigenvalue weighted by Gasteiger charge is 2.26. The molecule has 6 nitrogen and oxygen atoms in total. The summed E-state index contributed by atoms with van der Waals surface area (Å²) in [6, 6.07) is 4.01. The number of aryl methyl sites for hydroxylation is 1. The molecule has 3 aromatic heterocycles. The van der Waals surface area contributed by atoms with Crippen molar-refractivity contribution in [3.63, 3.8) is 0 Å². The predicted octanol–water partition coefficient (Wildman–Crippen LogP) is 2.68. The van der Waals surface area contributed by atoms with E-state index in [0.29, 0.717) is 18.8 Å². The summed E-state index contributed by atoms with van der Waals surface area (Å²) in [7, 11) is 0. The number of amides is 1. The zero-order valence-corrected chi connectivity index (χ0v) is 14.2. The highest BCUT2D eigenvalue weighted by atomic mass is 32.1. The topological polar surface area (TPSA) is 63.9 Å². The van der Waals surface area contributed by atoms with Crippen molar-refractivity contribution < 1.29 is 4.79 Å². The smallest absolute Gasteiger partial charge is 0.273 e. The molecule has 118 valence electrons. The molecule has 0 fully saturated rings. The summed E-state index contributed by atoms with van der Waals surface area (Å²) >= 11 is 3.15. The molecule has 0 aromatic carbocycles. The van der Waals surface area contributed by atoms with Crippen molar-refractivity contribution in [3.8, 4) is 9.88 Å². The largest absolute Gasteiger partial charge is 0.328 e. The first-order chi connectivity index (χ1) is 11.3. The molecule has 1 amide bonds. The number of carbonyl (C=O) groups is 1. The molecule has 3 aromatic rings. The summed E-state index contributed by atoms with van der Waals surface area (Å²) in [5.41, 5.74) is 0.516. The van der Waals surface area contributed by atoms with Crippen LogP contribution in [0.1, 0.15) is 29.1 Å². The minimum atomic E-state index is -0.0312. The minimum Gasteiger partial charge on any atom is -0.328 e. The molecule has 4 heterocycles. The standard InChI is InChI=1S/C15H15N5OS2/c1-2-12-17-18-13-8-19(5-6-20(12)13)15(21)10-9-23-14(16-10)11-4-3-7-22-11/h3-4,7,9H,2,5-6,8H2,1H3. The third-order valence-electron chi connectivity index (χ3n) is 3.89. The van der Waals surface area contributed by atoms with Crippen molar-refractivity contribution in [1.29, 1.82) is 0 Å². The Balaban J connectivity index is 1.54. The van der Waals surface area contributed by atoms with Crippen LogP contribution < -0.4 is 0 Å². The van der Waals surface area contributed by atoms with E-state index in [0.717, 1.165) is 34.5 Å². The zero-order valence-electron chi connectivity index (χ0n) is 12.6. The lowest BCUT2D eigenvalue weighted by Gasteiger charge is -2.27. The number of rotatable bonds is 3. The van der Waals surface area contributed by atoms with Crippen molar-refractivity contribution in [3.05, 3.63) is 40.2 Å². The average molecular weight is 345 g/mol. The van der Waals surface area contributed by atoms with Crippen LogP contribution >= 0.6 is 22.7 Å². The van der Waals surface area contributed by atoms with E-state index < -0.39 is 0 Å². The van der Waals surface area contributed by atoms with Crippen LogP contribution in [0.4, 0.5) is 0 Å². The Labute approximate surface area is 141 Å². The maximum atomic E-state index is 12.7. The molecule has 0 N–H and O–H groups in total. The van der Waals surface area contributed by atoms with Gasteiger partial charge in [0, 0.05) is 24.9 Å². The van der Waals surface area contributed by atoms with E-state index in [9.17, 15) is 4.79 Å². The summed E-state index contributed by atoms with van der Waals surface area (Å²) in [5, 5.41) is 13.1. The Morgan fingerprint density at radius 3 is 3.00 bits per heavy atom. The molecule has 23 heavy (non-hydrogen) atoms. The number of hydrogen-bond acceptors (Lipinski definition) is 6. The lowest BCUT2D eigenvalue weighted by Crippen LogP contribution is -2.38. The van der Waals surface area contributed by atoms with Crippen LogP contribution in [0.2, 0.25) is 0 Å². The van der Waals surface area contributed by atoms with Gasteiger partial charge in [0.05, 0.1) is 11.4 Å². The van der Waals surface area contributed by atoms with Gasteiger partial charge in [0.15, 0.2) is 5.82 Å². The van der Waals surface area contributed by atoms with Gasteiger partial charge in [0.1, 0.15) is 16.5 Å². The summed E-state index contributed by atoms with van der Waals surface area (Å²) in [4.78, 5) is 20.1. The van der Waals surface area contributed by atoms with Gasteiger partial charge < -0.3 is 9.47 Å². The molecule has 0 bridgehead atoms. The number of fused-ring (bicyclic) bond motifs is 1. The van der Waals surface area contributed by atoms with Crippen LogP contribution in [0.5, 0.6) is 0 Å². The maximum absolute atomic E-state index is 12.7. The number of carbonyl (C=O) groups excluding carboxylic acids is 1.